The van der Waals surface area contributed by atoms with Crippen LogP contribution in [0.2, 0.25) is 0 Å². The number of carbonyl (C=O) groups excluding carboxylic acids is 1. The Morgan fingerprint density at radius 2 is 2.27 bits per heavy atom. The molecule has 2 nitrogen and oxygen atoms in total. The van der Waals surface area contributed by atoms with Crippen molar-refractivity contribution in [3.05, 3.63) is 29.3 Å². The molecule has 0 N–H and O–H groups in total. The molecule has 2 rings (SSSR count). The smallest absolute Gasteiger partial charge is 0.167 e. The standard InChI is InChI=1S/C13H12O2/c1-2-3-9-15-12-6-4-5-10-7-8-11(14)13(10)12/h4-6H,7-9H2,1H3. The third-order valence-corrected chi connectivity index (χ3v) is 2.49. The van der Waals surface area contributed by atoms with Crippen LogP contribution in [-0.4, -0.2) is 12.4 Å². The van der Waals surface area contributed by atoms with Crippen LogP contribution in [0.3, 0.4) is 0 Å². The fourth-order valence-electron chi connectivity index (χ4n) is 1.78. The Labute approximate surface area is 89.3 Å². The van der Waals surface area contributed by atoms with Crippen molar-refractivity contribution in [2.24, 2.45) is 0 Å². The zero-order valence-corrected chi connectivity index (χ0v) is 8.67. The molecule has 0 heterocycles. The summed E-state index contributed by atoms with van der Waals surface area (Å²) in [7, 11) is 0. The Morgan fingerprint density at radius 1 is 1.40 bits per heavy atom. The molecule has 1 aromatic carbocycles. The molecule has 0 aliphatic heterocycles. The van der Waals surface area contributed by atoms with Crippen LogP contribution in [0.5, 0.6) is 5.75 Å². The van der Waals surface area contributed by atoms with E-state index in [4.69, 9.17) is 4.74 Å². The molecular weight excluding hydrogens is 188 g/mol. The lowest BCUT2D eigenvalue weighted by molar-refractivity contribution is 0.0991. The van der Waals surface area contributed by atoms with Crippen molar-refractivity contribution >= 4 is 5.78 Å². The van der Waals surface area contributed by atoms with E-state index in [9.17, 15) is 4.79 Å². The topological polar surface area (TPSA) is 26.3 Å². The molecule has 0 atom stereocenters. The van der Waals surface area contributed by atoms with Crippen LogP contribution in [0.4, 0.5) is 0 Å². The monoisotopic (exact) mass is 200 g/mol. The third-order valence-electron chi connectivity index (χ3n) is 2.49. The average molecular weight is 200 g/mol. The molecular formula is C13H12O2. The molecule has 0 saturated heterocycles. The Hall–Kier alpha value is -1.75. The summed E-state index contributed by atoms with van der Waals surface area (Å²) in [4.78, 5) is 11.6. The number of Topliss-reactive ketones (excluding diaryl/α,β-unsaturated/α-hetero) is 1. The first-order valence-electron chi connectivity index (χ1n) is 5.00. The molecule has 1 aliphatic rings. The minimum Gasteiger partial charge on any atom is -0.480 e. The van der Waals surface area contributed by atoms with Crippen molar-refractivity contribution in [3.8, 4) is 17.6 Å². The van der Waals surface area contributed by atoms with Gasteiger partial charge in [0.25, 0.3) is 0 Å². The van der Waals surface area contributed by atoms with Crippen molar-refractivity contribution in [1.82, 2.24) is 0 Å². The molecule has 1 aromatic rings. The Balaban J connectivity index is 2.27. The van der Waals surface area contributed by atoms with Crippen LogP contribution in [-0.2, 0) is 6.42 Å². The molecule has 0 unspecified atom stereocenters. The van der Waals surface area contributed by atoms with E-state index in [1.165, 1.54) is 0 Å². The van der Waals surface area contributed by atoms with Gasteiger partial charge in [0.05, 0.1) is 5.56 Å². The normalized spacial score (nSPS) is 13.0. The molecule has 1 aliphatic carbocycles. The Kier molecular flexibility index (Phi) is 2.73. The van der Waals surface area contributed by atoms with E-state index in [1.54, 1.807) is 6.92 Å². The van der Waals surface area contributed by atoms with Crippen LogP contribution in [0.25, 0.3) is 0 Å². The number of carbonyl (C=O) groups is 1. The minimum absolute atomic E-state index is 0.185. The fourth-order valence-corrected chi connectivity index (χ4v) is 1.78. The van der Waals surface area contributed by atoms with Crippen LogP contribution in [0.1, 0.15) is 29.3 Å². The zero-order valence-electron chi connectivity index (χ0n) is 8.67. The summed E-state index contributed by atoms with van der Waals surface area (Å²) in [6.07, 6.45) is 1.44. The molecule has 0 bridgehead atoms. The second kappa shape index (κ2) is 4.18. The maximum Gasteiger partial charge on any atom is 0.167 e. The zero-order chi connectivity index (χ0) is 10.7. The molecule has 0 spiro atoms. The van der Waals surface area contributed by atoms with Gasteiger partial charge in [-0.3, -0.25) is 4.79 Å². The first-order chi connectivity index (χ1) is 7.33. The van der Waals surface area contributed by atoms with Gasteiger partial charge in [-0.15, -0.1) is 5.92 Å². The molecule has 76 valence electrons. The molecule has 2 heteroatoms. The highest BCUT2D eigenvalue weighted by Crippen LogP contribution is 2.30. The van der Waals surface area contributed by atoms with E-state index < -0.39 is 0 Å². The molecule has 0 radical (unpaired) electrons. The second-order valence-corrected chi connectivity index (χ2v) is 3.43. The maximum absolute atomic E-state index is 11.6. The number of ketones is 1. The van der Waals surface area contributed by atoms with Gasteiger partial charge in [-0.1, -0.05) is 18.1 Å². The molecule has 0 saturated carbocycles. The van der Waals surface area contributed by atoms with Gasteiger partial charge in [0.2, 0.25) is 0 Å². The van der Waals surface area contributed by atoms with Crippen molar-refractivity contribution in [2.45, 2.75) is 19.8 Å². The van der Waals surface area contributed by atoms with Gasteiger partial charge in [-0.2, -0.15) is 0 Å². The number of fused-ring (bicyclic) bond motifs is 1. The van der Waals surface area contributed by atoms with E-state index in [0.717, 1.165) is 17.5 Å². The van der Waals surface area contributed by atoms with Gasteiger partial charge in [0, 0.05) is 6.42 Å². The van der Waals surface area contributed by atoms with E-state index in [2.05, 4.69) is 11.8 Å². The third kappa shape index (κ3) is 1.87. The Morgan fingerprint density at radius 3 is 3.07 bits per heavy atom. The van der Waals surface area contributed by atoms with Crippen molar-refractivity contribution in [2.75, 3.05) is 6.61 Å². The number of ether oxygens (including phenoxy) is 1. The molecule has 0 amide bonds. The van der Waals surface area contributed by atoms with Gasteiger partial charge in [0.15, 0.2) is 5.78 Å². The maximum atomic E-state index is 11.6. The first kappa shape index (κ1) is 9.79. The van der Waals surface area contributed by atoms with Crippen molar-refractivity contribution < 1.29 is 9.53 Å². The number of rotatable bonds is 2. The summed E-state index contributed by atoms with van der Waals surface area (Å²) in [5, 5.41) is 0. The number of hydrogen-bond donors (Lipinski definition) is 0. The lowest BCUT2D eigenvalue weighted by Gasteiger charge is -2.06. The van der Waals surface area contributed by atoms with Gasteiger partial charge in [0.1, 0.15) is 12.4 Å². The van der Waals surface area contributed by atoms with E-state index >= 15 is 0 Å². The average Bonchev–Trinajstić information content (AvgIpc) is 2.62. The van der Waals surface area contributed by atoms with Gasteiger partial charge >= 0.3 is 0 Å². The summed E-state index contributed by atoms with van der Waals surface area (Å²) in [5.41, 5.74) is 1.86. The van der Waals surface area contributed by atoms with Crippen LogP contribution < -0.4 is 4.74 Å². The number of benzene rings is 1. The van der Waals surface area contributed by atoms with Crippen molar-refractivity contribution in [1.29, 1.82) is 0 Å². The van der Waals surface area contributed by atoms with E-state index in [0.29, 0.717) is 18.8 Å². The summed E-state index contributed by atoms with van der Waals surface area (Å²) in [6.45, 7) is 2.12. The lowest BCUT2D eigenvalue weighted by Crippen LogP contribution is -2.01. The van der Waals surface area contributed by atoms with E-state index in [-0.39, 0.29) is 5.78 Å². The van der Waals surface area contributed by atoms with Crippen LogP contribution >= 0.6 is 0 Å². The first-order valence-corrected chi connectivity index (χ1v) is 5.00. The predicted octanol–water partition coefficient (Wildman–Crippen LogP) is 2.22. The number of aryl methyl sites for hydroxylation is 1. The summed E-state index contributed by atoms with van der Waals surface area (Å²) >= 11 is 0. The summed E-state index contributed by atoms with van der Waals surface area (Å²) in [6, 6.07) is 5.74. The van der Waals surface area contributed by atoms with Gasteiger partial charge < -0.3 is 4.74 Å². The summed E-state index contributed by atoms with van der Waals surface area (Å²) < 4.78 is 5.47. The van der Waals surface area contributed by atoms with E-state index in [1.807, 2.05) is 18.2 Å². The fraction of sp³-hybridized carbons (Fsp3) is 0.308. The second-order valence-electron chi connectivity index (χ2n) is 3.43. The largest absolute Gasteiger partial charge is 0.480 e. The van der Waals surface area contributed by atoms with Crippen LogP contribution in [0, 0.1) is 11.8 Å². The molecule has 0 fully saturated rings. The highest BCUT2D eigenvalue weighted by atomic mass is 16.5. The molecule has 0 aromatic heterocycles. The Bertz CT molecular complexity index is 449. The highest BCUT2D eigenvalue weighted by Gasteiger charge is 2.23. The van der Waals surface area contributed by atoms with Gasteiger partial charge in [-0.25, -0.2) is 0 Å². The quantitative estimate of drug-likeness (QED) is 0.684. The van der Waals surface area contributed by atoms with Crippen LogP contribution in [0.15, 0.2) is 18.2 Å². The number of hydrogen-bond acceptors (Lipinski definition) is 2. The van der Waals surface area contributed by atoms with Gasteiger partial charge in [-0.05, 0) is 25.0 Å². The van der Waals surface area contributed by atoms with Crippen molar-refractivity contribution in [3.63, 3.8) is 0 Å². The predicted molar refractivity (Wildman–Crippen MR) is 58.0 cm³/mol. The summed E-state index contributed by atoms with van der Waals surface area (Å²) in [5.74, 6) is 6.44. The molecule has 15 heavy (non-hydrogen) atoms. The minimum atomic E-state index is 0.185. The lowest BCUT2D eigenvalue weighted by atomic mass is 10.1. The highest BCUT2D eigenvalue weighted by molar-refractivity contribution is 6.02. The SMILES string of the molecule is CC#CCOc1cccc2c1C(=O)CC2.